The maximum Gasteiger partial charge on any atom is 0.438 e. The van der Waals surface area contributed by atoms with Gasteiger partial charge in [-0.1, -0.05) is 48.2 Å². The predicted molar refractivity (Wildman–Crippen MR) is 103 cm³/mol. The molecule has 0 saturated heterocycles. The number of aliphatic hydroxyl groups excluding tert-OH is 1. The fourth-order valence-electron chi connectivity index (χ4n) is 3.03. The van der Waals surface area contributed by atoms with Crippen LogP contribution in [0.5, 0.6) is 0 Å². The molecular formula is C19H17F3N4O2S. The van der Waals surface area contributed by atoms with Crippen molar-refractivity contribution in [3.63, 3.8) is 0 Å². The minimum Gasteiger partial charge on any atom is -0.368 e. The Morgan fingerprint density at radius 1 is 1.17 bits per heavy atom. The summed E-state index contributed by atoms with van der Waals surface area (Å²) in [6.07, 6.45) is -6.47. The zero-order chi connectivity index (χ0) is 20.6. The Kier molecular flexibility index (Phi) is 5.01. The molecule has 0 aliphatic carbocycles. The summed E-state index contributed by atoms with van der Waals surface area (Å²) in [4.78, 5) is 7.69. The molecular weight excluding hydrogens is 405 g/mol. The molecule has 4 rings (SSSR count). The number of thioether (sulfide) groups is 1. The third-order valence-corrected chi connectivity index (χ3v) is 5.61. The molecule has 0 saturated carbocycles. The fraction of sp³-hybridized carbons (Fsp3) is 0.263. The van der Waals surface area contributed by atoms with E-state index in [1.807, 2.05) is 24.3 Å². The lowest BCUT2D eigenvalue weighted by atomic mass is 10.1. The molecule has 1 aromatic heterocycles. The van der Waals surface area contributed by atoms with Crippen LogP contribution in [-0.2, 0) is 5.75 Å². The summed E-state index contributed by atoms with van der Waals surface area (Å²) >= 11 is 1.49. The van der Waals surface area contributed by atoms with Crippen LogP contribution in [0.15, 0.2) is 58.8 Å². The number of benzene rings is 2. The second-order valence-corrected chi connectivity index (χ2v) is 7.59. The molecule has 1 aliphatic heterocycles. The Labute approximate surface area is 168 Å². The van der Waals surface area contributed by atoms with Gasteiger partial charge in [-0.3, -0.25) is 0 Å². The Balaban J connectivity index is 1.44. The molecule has 0 amide bonds. The van der Waals surface area contributed by atoms with Crippen molar-refractivity contribution in [1.82, 2.24) is 15.0 Å². The van der Waals surface area contributed by atoms with Crippen molar-refractivity contribution in [2.24, 2.45) is 5.10 Å². The van der Waals surface area contributed by atoms with Crippen molar-refractivity contribution >= 4 is 29.0 Å². The number of nitrogens with one attached hydrogen (secondary N) is 1. The van der Waals surface area contributed by atoms with Gasteiger partial charge in [-0.05, 0) is 17.7 Å². The molecule has 2 heterocycles. The van der Waals surface area contributed by atoms with Crippen LogP contribution in [0.4, 0.5) is 13.2 Å². The topological polar surface area (TPSA) is 84.7 Å². The standard InChI is InChI=1S/C19H17F3N4O2S/c20-19(21,22)18(28)9-10-23-26(18)16(27)13-7-5-12(6-8-13)11-29-17-24-14-3-1-2-4-15(14)25-17/h1-8,10,16,27-28H,9,11H2,(H,24,25). The first-order valence-electron chi connectivity index (χ1n) is 8.73. The van der Waals surface area contributed by atoms with Crippen LogP contribution in [0.2, 0.25) is 0 Å². The molecule has 2 unspecified atom stereocenters. The van der Waals surface area contributed by atoms with Gasteiger partial charge in [-0.2, -0.15) is 18.3 Å². The molecule has 0 radical (unpaired) electrons. The van der Waals surface area contributed by atoms with Gasteiger partial charge >= 0.3 is 6.18 Å². The first-order valence-corrected chi connectivity index (χ1v) is 9.72. The smallest absolute Gasteiger partial charge is 0.368 e. The van der Waals surface area contributed by atoms with E-state index in [1.165, 1.54) is 23.9 Å². The predicted octanol–water partition coefficient (Wildman–Crippen LogP) is 3.79. The highest BCUT2D eigenvalue weighted by atomic mass is 32.2. The number of hydrogen-bond acceptors (Lipinski definition) is 6. The number of hydrogen-bond donors (Lipinski definition) is 3. The number of para-hydroxylation sites is 2. The Hall–Kier alpha value is -2.56. The molecule has 0 bridgehead atoms. The van der Waals surface area contributed by atoms with E-state index >= 15 is 0 Å². The molecule has 0 fully saturated rings. The summed E-state index contributed by atoms with van der Waals surface area (Å²) < 4.78 is 39.5. The lowest BCUT2D eigenvalue weighted by molar-refractivity contribution is -0.328. The SMILES string of the molecule is OC(c1ccc(CSc2nc3ccccc3[nH]2)cc1)N1N=CCC1(O)C(F)(F)F. The second kappa shape index (κ2) is 7.36. The van der Waals surface area contributed by atoms with Crippen LogP contribution in [-0.4, -0.2) is 43.3 Å². The highest BCUT2D eigenvalue weighted by Gasteiger charge is 2.61. The molecule has 2 aromatic carbocycles. The van der Waals surface area contributed by atoms with Crippen molar-refractivity contribution in [3.8, 4) is 0 Å². The summed E-state index contributed by atoms with van der Waals surface area (Å²) in [5, 5.41) is 24.8. The third-order valence-electron chi connectivity index (χ3n) is 4.67. The minimum atomic E-state index is -4.95. The first kappa shape index (κ1) is 19.7. The summed E-state index contributed by atoms with van der Waals surface area (Å²) in [5.41, 5.74) is -0.303. The molecule has 2 atom stereocenters. The van der Waals surface area contributed by atoms with Gasteiger partial charge in [0.2, 0.25) is 0 Å². The Morgan fingerprint density at radius 2 is 1.90 bits per heavy atom. The number of alkyl halides is 3. The average molecular weight is 422 g/mol. The average Bonchev–Trinajstić information content (AvgIpc) is 3.29. The fourth-order valence-corrected chi connectivity index (χ4v) is 3.87. The molecule has 1 aliphatic rings. The normalized spacial score (nSPS) is 20.5. The number of aliphatic hydroxyl groups is 2. The number of rotatable bonds is 5. The van der Waals surface area contributed by atoms with Gasteiger partial charge in [0.15, 0.2) is 11.4 Å². The van der Waals surface area contributed by atoms with E-state index in [9.17, 15) is 23.4 Å². The molecule has 152 valence electrons. The van der Waals surface area contributed by atoms with E-state index in [0.29, 0.717) is 5.75 Å². The van der Waals surface area contributed by atoms with Gasteiger partial charge in [0.05, 0.1) is 11.0 Å². The van der Waals surface area contributed by atoms with Gasteiger partial charge in [-0.25, -0.2) is 9.99 Å². The van der Waals surface area contributed by atoms with Crippen molar-refractivity contribution < 1.29 is 23.4 Å². The highest BCUT2D eigenvalue weighted by Crippen LogP contribution is 2.42. The van der Waals surface area contributed by atoms with Crippen molar-refractivity contribution in [2.45, 2.75) is 35.5 Å². The van der Waals surface area contributed by atoms with Gasteiger partial charge in [0.25, 0.3) is 5.72 Å². The van der Waals surface area contributed by atoms with Crippen LogP contribution in [0.1, 0.15) is 23.8 Å². The lowest BCUT2D eigenvalue weighted by Crippen LogP contribution is -2.55. The zero-order valence-electron chi connectivity index (χ0n) is 15.0. The van der Waals surface area contributed by atoms with Gasteiger partial charge in [0.1, 0.15) is 0 Å². The quantitative estimate of drug-likeness (QED) is 0.545. The lowest BCUT2D eigenvalue weighted by Gasteiger charge is -2.37. The van der Waals surface area contributed by atoms with E-state index in [1.54, 1.807) is 12.1 Å². The molecule has 29 heavy (non-hydrogen) atoms. The zero-order valence-corrected chi connectivity index (χ0v) is 15.8. The summed E-state index contributed by atoms with van der Waals surface area (Å²) in [5.74, 6) is 0.588. The van der Waals surface area contributed by atoms with E-state index in [-0.39, 0.29) is 10.6 Å². The number of imidazole rings is 1. The number of aromatic nitrogens is 2. The largest absolute Gasteiger partial charge is 0.438 e. The van der Waals surface area contributed by atoms with Crippen LogP contribution in [0.25, 0.3) is 11.0 Å². The van der Waals surface area contributed by atoms with Crippen molar-refractivity contribution in [1.29, 1.82) is 0 Å². The number of aromatic amines is 1. The molecule has 6 nitrogen and oxygen atoms in total. The third kappa shape index (κ3) is 3.70. The number of halogens is 3. The first-order chi connectivity index (χ1) is 13.8. The maximum atomic E-state index is 13.2. The Bertz CT molecular complexity index is 1000. The van der Waals surface area contributed by atoms with Crippen LogP contribution in [0.3, 0.4) is 0 Å². The van der Waals surface area contributed by atoms with Crippen LogP contribution in [0, 0.1) is 0 Å². The molecule has 0 spiro atoms. The number of fused-ring (bicyclic) bond motifs is 1. The molecule has 3 aromatic rings. The maximum absolute atomic E-state index is 13.2. The van der Waals surface area contributed by atoms with Crippen LogP contribution < -0.4 is 0 Å². The van der Waals surface area contributed by atoms with E-state index < -0.39 is 24.6 Å². The molecule has 3 N–H and O–H groups in total. The van der Waals surface area contributed by atoms with E-state index in [2.05, 4.69) is 15.1 Å². The summed E-state index contributed by atoms with van der Waals surface area (Å²) in [6, 6.07) is 14.1. The summed E-state index contributed by atoms with van der Waals surface area (Å²) in [7, 11) is 0. The van der Waals surface area contributed by atoms with E-state index in [0.717, 1.165) is 28.0 Å². The second-order valence-electron chi connectivity index (χ2n) is 6.62. The number of H-pyrrole nitrogens is 1. The van der Waals surface area contributed by atoms with Gasteiger partial charge < -0.3 is 15.2 Å². The number of nitrogens with zero attached hydrogens (tertiary/aromatic N) is 3. The van der Waals surface area contributed by atoms with Crippen LogP contribution >= 0.6 is 11.8 Å². The van der Waals surface area contributed by atoms with Crippen molar-refractivity contribution in [2.75, 3.05) is 0 Å². The molecule has 10 heteroatoms. The Morgan fingerprint density at radius 3 is 2.59 bits per heavy atom. The minimum absolute atomic E-state index is 0.198. The van der Waals surface area contributed by atoms with Crippen molar-refractivity contribution in [3.05, 3.63) is 59.7 Å². The monoisotopic (exact) mass is 422 g/mol. The number of hydrazone groups is 1. The summed E-state index contributed by atoms with van der Waals surface area (Å²) in [6.45, 7) is 0. The van der Waals surface area contributed by atoms with Gasteiger partial charge in [0, 0.05) is 24.0 Å². The highest BCUT2D eigenvalue weighted by molar-refractivity contribution is 7.98. The van der Waals surface area contributed by atoms with Gasteiger partial charge in [-0.15, -0.1) is 0 Å². The van der Waals surface area contributed by atoms with E-state index in [4.69, 9.17) is 0 Å².